The third kappa shape index (κ3) is 5.76. The Morgan fingerprint density at radius 2 is 2.57 bits per heavy atom. The Morgan fingerprint density at radius 3 is 3.00 bits per heavy atom. The summed E-state index contributed by atoms with van der Waals surface area (Å²) in [5, 5.41) is 3.45. The van der Waals surface area contributed by atoms with E-state index in [0.29, 0.717) is 12.5 Å². The van der Waals surface area contributed by atoms with Crippen molar-refractivity contribution in [3.8, 4) is 0 Å². The molecule has 0 atom stereocenters. The highest BCUT2D eigenvalue weighted by molar-refractivity contribution is 6.24. The first kappa shape index (κ1) is 6.76. The molecule has 0 aliphatic heterocycles. The van der Waals surface area contributed by atoms with E-state index in [9.17, 15) is 0 Å². The second kappa shape index (κ2) is 5.76. The van der Waals surface area contributed by atoms with Crippen molar-refractivity contribution in [2.24, 2.45) is 5.16 Å². The third-order valence-corrected chi connectivity index (χ3v) is 0.485. The molecule has 0 amide bonds. The van der Waals surface area contributed by atoms with E-state index in [1.165, 1.54) is 6.21 Å². The van der Waals surface area contributed by atoms with Crippen molar-refractivity contribution in [1.82, 2.24) is 0 Å². The van der Waals surface area contributed by atoms with E-state index in [2.05, 4.69) is 9.99 Å². The molecule has 0 aliphatic carbocycles. The van der Waals surface area contributed by atoms with Crippen molar-refractivity contribution in [3.63, 3.8) is 0 Å². The summed E-state index contributed by atoms with van der Waals surface area (Å²) in [5.74, 6) is 0.417. The number of halogens is 1. The van der Waals surface area contributed by atoms with Crippen LogP contribution in [0.2, 0.25) is 0 Å². The number of nitrogens with zero attached hydrogens (tertiary/aromatic N) is 1. The van der Waals surface area contributed by atoms with Gasteiger partial charge in [-0.15, -0.1) is 11.6 Å². The van der Waals surface area contributed by atoms with Gasteiger partial charge in [0.1, 0.15) is 6.61 Å². The van der Waals surface area contributed by atoms with Crippen molar-refractivity contribution < 1.29 is 4.84 Å². The van der Waals surface area contributed by atoms with Gasteiger partial charge in [0.15, 0.2) is 0 Å². The first-order valence-corrected chi connectivity index (χ1v) is 2.65. The summed E-state index contributed by atoms with van der Waals surface area (Å²) in [6, 6.07) is 0. The molecule has 0 saturated heterocycles. The monoisotopic (exact) mass is 121 g/mol. The molecular weight excluding hydrogens is 114 g/mol. The van der Waals surface area contributed by atoms with Gasteiger partial charge in [0.05, 0.1) is 12.1 Å². The van der Waals surface area contributed by atoms with Crippen LogP contribution in [-0.4, -0.2) is 18.7 Å². The molecule has 0 aromatic carbocycles. The van der Waals surface area contributed by atoms with Crippen molar-refractivity contribution in [2.75, 3.05) is 12.5 Å². The Hall–Kier alpha value is -0.240. The minimum absolute atomic E-state index is 0.417. The Balaban J connectivity index is 2.78. The number of oxime groups is 1. The lowest BCUT2D eigenvalue weighted by Gasteiger charge is -1.85. The zero-order valence-electron chi connectivity index (χ0n) is 4.22. The van der Waals surface area contributed by atoms with E-state index in [1.54, 1.807) is 0 Å². The van der Waals surface area contributed by atoms with Crippen LogP contribution in [0.5, 0.6) is 0 Å². The van der Waals surface area contributed by atoms with Gasteiger partial charge in [0.25, 0.3) is 0 Å². The molecule has 0 radical (unpaired) electrons. The van der Waals surface area contributed by atoms with E-state index in [1.807, 2.05) is 6.92 Å². The minimum atomic E-state index is 0.417. The number of rotatable bonds is 3. The van der Waals surface area contributed by atoms with E-state index in [0.717, 1.165) is 0 Å². The molecule has 0 aromatic rings. The first-order chi connectivity index (χ1) is 3.41. The van der Waals surface area contributed by atoms with Crippen molar-refractivity contribution in [1.29, 1.82) is 0 Å². The van der Waals surface area contributed by atoms with E-state index in [4.69, 9.17) is 11.6 Å². The lowest BCUT2D eigenvalue weighted by Crippen LogP contribution is -1.80. The Morgan fingerprint density at radius 1 is 1.86 bits per heavy atom. The number of hydrogen-bond acceptors (Lipinski definition) is 2. The zero-order chi connectivity index (χ0) is 5.54. The largest absolute Gasteiger partial charge is 0.396 e. The number of alkyl halides is 1. The predicted molar refractivity (Wildman–Crippen MR) is 30.8 cm³/mol. The maximum Gasteiger partial charge on any atom is 0.114 e. The standard InChI is InChI=1S/C4H8ClNO/c1-2-7-6-4-3-5/h4H,2-3H2,1H3. The SMILES string of the molecule is CCON=CCCl. The molecule has 3 heteroatoms. The first-order valence-electron chi connectivity index (χ1n) is 2.11. The highest BCUT2D eigenvalue weighted by atomic mass is 35.5. The van der Waals surface area contributed by atoms with Crippen LogP contribution in [0, 0.1) is 0 Å². The van der Waals surface area contributed by atoms with Crippen LogP contribution < -0.4 is 0 Å². The molecule has 0 saturated carbocycles. The molecule has 2 nitrogen and oxygen atoms in total. The van der Waals surface area contributed by atoms with Gasteiger partial charge in [-0.25, -0.2) is 0 Å². The van der Waals surface area contributed by atoms with Gasteiger partial charge in [-0.05, 0) is 6.92 Å². The fourth-order valence-electron chi connectivity index (χ4n) is 0.155. The van der Waals surface area contributed by atoms with Crippen LogP contribution >= 0.6 is 11.6 Å². The summed E-state index contributed by atoms with van der Waals surface area (Å²) in [6.07, 6.45) is 1.51. The van der Waals surface area contributed by atoms with Crippen LogP contribution in [0.3, 0.4) is 0 Å². The topological polar surface area (TPSA) is 21.6 Å². The van der Waals surface area contributed by atoms with Crippen LogP contribution in [0.4, 0.5) is 0 Å². The Kier molecular flexibility index (Phi) is 5.56. The van der Waals surface area contributed by atoms with E-state index in [-0.39, 0.29) is 0 Å². The fraction of sp³-hybridized carbons (Fsp3) is 0.750. The summed E-state index contributed by atoms with van der Waals surface area (Å²) in [4.78, 5) is 4.56. The normalized spacial score (nSPS) is 10.0. The predicted octanol–water partition coefficient (Wildman–Crippen LogP) is 1.25. The summed E-state index contributed by atoms with van der Waals surface area (Å²) < 4.78 is 0. The van der Waals surface area contributed by atoms with Gasteiger partial charge in [0.2, 0.25) is 0 Å². The molecule has 0 spiro atoms. The maximum absolute atomic E-state index is 5.21. The van der Waals surface area contributed by atoms with Crippen molar-refractivity contribution in [3.05, 3.63) is 0 Å². The molecule has 7 heavy (non-hydrogen) atoms. The quantitative estimate of drug-likeness (QED) is 0.313. The van der Waals surface area contributed by atoms with Gasteiger partial charge in [-0.3, -0.25) is 0 Å². The molecule has 0 rings (SSSR count). The van der Waals surface area contributed by atoms with Crippen LogP contribution in [-0.2, 0) is 4.84 Å². The lowest BCUT2D eigenvalue weighted by atomic mass is 10.9. The van der Waals surface area contributed by atoms with Crippen molar-refractivity contribution >= 4 is 17.8 Å². The van der Waals surface area contributed by atoms with Gasteiger partial charge < -0.3 is 4.84 Å². The molecule has 0 fully saturated rings. The second-order valence-corrected chi connectivity index (χ2v) is 1.17. The summed E-state index contributed by atoms with van der Waals surface area (Å²) in [6.45, 7) is 2.47. The summed E-state index contributed by atoms with van der Waals surface area (Å²) in [7, 11) is 0. The van der Waals surface area contributed by atoms with Gasteiger partial charge in [0, 0.05) is 0 Å². The lowest BCUT2D eigenvalue weighted by molar-refractivity contribution is 0.160. The zero-order valence-corrected chi connectivity index (χ0v) is 4.98. The molecule has 0 bridgehead atoms. The van der Waals surface area contributed by atoms with Crippen LogP contribution in [0.15, 0.2) is 5.16 Å². The smallest absolute Gasteiger partial charge is 0.114 e. The molecule has 0 N–H and O–H groups in total. The molecule has 0 aromatic heterocycles. The summed E-state index contributed by atoms with van der Waals surface area (Å²) >= 11 is 5.21. The molecule has 0 unspecified atom stereocenters. The second-order valence-electron chi connectivity index (χ2n) is 0.860. The average molecular weight is 122 g/mol. The maximum atomic E-state index is 5.21. The number of hydrogen-bond donors (Lipinski definition) is 0. The average Bonchev–Trinajstić information content (AvgIpc) is 1.69. The van der Waals surface area contributed by atoms with Crippen LogP contribution in [0.1, 0.15) is 6.92 Å². The molecule has 0 aliphatic rings. The third-order valence-electron chi connectivity index (χ3n) is 0.347. The van der Waals surface area contributed by atoms with Crippen molar-refractivity contribution in [2.45, 2.75) is 6.92 Å². The minimum Gasteiger partial charge on any atom is -0.396 e. The van der Waals surface area contributed by atoms with Gasteiger partial charge in [-0.2, -0.15) is 0 Å². The highest BCUT2D eigenvalue weighted by Gasteiger charge is 1.67. The highest BCUT2D eigenvalue weighted by Crippen LogP contribution is 1.72. The van der Waals surface area contributed by atoms with Gasteiger partial charge >= 0.3 is 0 Å². The van der Waals surface area contributed by atoms with E-state index < -0.39 is 0 Å². The Bertz CT molecular complexity index is 55.7. The molecule has 0 heterocycles. The summed E-state index contributed by atoms with van der Waals surface area (Å²) in [5.41, 5.74) is 0. The molecule has 42 valence electrons. The van der Waals surface area contributed by atoms with E-state index >= 15 is 0 Å². The van der Waals surface area contributed by atoms with Crippen LogP contribution in [0.25, 0.3) is 0 Å². The van der Waals surface area contributed by atoms with Gasteiger partial charge in [-0.1, -0.05) is 5.16 Å². The Labute approximate surface area is 48.1 Å². The fourth-order valence-corrected chi connectivity index (χ4v) is 0.212. The molecular formula is C4H8ClNO.